The van der Waals surface area contributed by atoms with Crippen molar-refractivity contribution in [2.24, 2.45) is 11.8 Å². The summed E-state index contributed by atoms with van der Waals surface area (Å²) in [5, 5.41) is 0. The second-order valence-electron chi connectivity index (χ2n) is 8.37. The van der Waals surface area contributed by atoms with Crippen LogP contribution in [-0.2, 0) is 20.9 Å². The maximum atomic E-state index is 12.9. The predicted octanol–water partition coefficient (Wildman–Crippen LogP) is 2.29. The van der Waals surface area contributed by atoms with Crippen molar-refractivity contribution < 1.29 is 31.1 Å². The molecule has 0 aromatic carbocycles. The van der Waals surface area contributed by atoms with Crippen LogP contribution < -0.4 is 0 Å². The van der Waals surface area contributed by atoms with E-state index in [-0.39, 0.29) is 35.5 Å². The molecule has 1 aromatic rings. The van der Waals surface area contributed by atoms with E-state index in [2.05, 4.69) is 9.97 Å². The number of likely N-dealkylation sites (tertiary alicyclic amines) is 1. The van der Waals surface area contributed by atoms with Gasteiger partial charge < -0.3 is 9.64 Å². The zero-order valence-corrected chi connectivity index (χ0v) is 17.3. The van der Waals surface area contributed by atoms with E-state index in [0.717, 1.165) is 0 Å². The number of sulfonamides is 1. The van der Waals surface area contributed by atoms with Gasteiger partial charge in [0.1, 0.15) is 10.5 Å². The third-order valence-corrected chi connectivity index (χ3v) is 6.84. The van der Waals surface area contributed by atoms with Crippen molar-refractivity contribution in [3.63, 3.8) is 0 Å². The smallest absolute Gasteiger partial charge is 0.444 e. The predicted molar refractivity (Wildman–Crippen MR) is 95.3 cm³/mol. The maximum absolute atomic E-state index is 12.9. The number of aryl methyl sites for hydroxylation is 1. The van der Waals surface area contributed by atoms with Crippen molar-refractivity contribution in [1.29, 1.82) is 0 Å². The van der Waals surface area contributed by atoms with E-state index in [9.17, 15) is 26.4 Å². The number of carbonyl (C=O) groups excluding carboxylic acids is 1. The summed E-state index contributed by atoms with van der Waals surface area (Å²) in [7, 11) is -4.03. The van der Waals surface area contributed by atoms with E-state index in [4.69, 9.17) is 4.74 Å². The molecule has 0 N–H and O–H groups in total. The zero-order valence-electron chi connectivity index (χ0n) is 16.5. The van der Waals surface area contributed by atoms with Crippen molar-refractivity contribution in [2.75, 3.05) is 26.2 Å². The van der Waals surface area contributed by atoms with E-state index in [1.807, 2.05) is 0 Å². The Morgan fingerprint density at radius 1 is 1.14 bits per heavy atom. The van der Waals surface area contributed by atoms with Gasteiger partial charge in [-0.3, -0.25) is 0 Å². The summed E-state index contributed by atoms with van der Waals surface area (Å²) in [5.74, 6) is -1.50. The summed E-state index contributed by atoms with van der Waals surface area (Å²) < 4.78 is 70.6. The van der Waals surface area contributed by atoms with Gasteiger partial charge in [-0.1, -0.05) is 0 Å². The van der Waals surface area contributed by atoms with Crippen molar-refractivity contribution in [2.45, 2.75) is 44.4 Å². The number of aromatic nitrogens is 2. The van der Waals surface area contributed by atoms with E-state index < -0.39 is 33.7 Å². The molecule has 2 atom stereocenters. The maximum Gasteiger partial charge on any atom is 0.451 e. The third kappa shape index (κ3) is 4.47. The summed E-state index contributed by atoms with van der Waals surface area (Å²) in [6.45, 7) is 7.60. The molecule has 2 fully saturated rings. The molecule has 0 radical (unpaired) electrons. The van der Waals surface area contributed by atoms with Crippen molar-refractivity contribution in [3.05, 3.63) is 17.7 Å². The molecule has 0 bridgehead atoms. The lowest BCUT2D eigenvalue weighted by molar-refractivity contribution is -0.145. The molecule has 0 unspecified atom stereocenters. The van der Waals surface area contributed by atoms with Crippen molar-refractivity contribution >= 4 is 16.1 Å². The lowest BCUT2D eigenvalue weighted by Crippen LogP contribution is -2.38. The Morgan fingerprint density at radius 2 is 1.69 bits per heavy atom. The minimum Gasteiger partial charge on any atom is -0.444 e. The molecule has 1 aromatic heterocycles. The fourth-order valence-corrected chi connectivity index (χ4v) is 5.27. The monoisotopic (exact) mass is 436 g/mol. The Morgan fingerprint density at radius 3 is 2.14 bits per heavy atom. The topological polar surface area (TPSA) is 92.7 Å². The highest BCUT2D eigenvalue weighted by Crippen LogP contribution is 2.35. The van der Waals surface area contributed by atoms with Crippen LogP contribution in [0.3, 0.4) is 0 Å². The zero-order chi connectivity index (χ0) is 21.8. The van der Waals surface area contributed by atoms with Gasteiger partial charge in [0.2, 0.25) is 15.8 Å². The number of amides is 1. The van der Waals surface area contributed by atoms with E-state index >= 15 is 0 Å². The van der Waals surface area contributed by atoms with Crippen LogP contribution in [0, 0.1) is 18.8 Å². The van der Waals surface area contributed by atoms with E-state index in [1.54, 1.807) is 25.7 Å². The molecule has 0 saturated carbocycles. The van der Waals surface area contributed by atoms with Gasteiger partial charge in [-0.05, 0) is 39.5 Å². The summed E-state index contributed by atoms with van der Waals surface area (Å²) in [6, 6.07) is 0. The van der Waals surface area contributed by atoms with Crippen LogP contribution in [0.1, 0.15) is 32.3 Å². The molecule has 2 aliphatic heterocycles. The van der Waals surface area contributed by atoms with Gasteiger partial charge in [0, 0.05) is 26.2 Å². The summed E-state index contributed by atoms with van der Waals surface area (Å²) in [5.41, 5.74) is -0.871. The van der Waals surface area contributed by atoms with Crippen molar-refractivity contribution in [3.8, 4) is 0 Å². The fraction of sp³-hybridized carbons (Fsp3) is 0.706. The molecular weight excluding hydrogens is 413 g/mol. The summed E-state index contributed by atoms with van der Waals surface area (Å²) in [4.78, 5) is 19.9. The second kappa shape index (κ2) is 7.08. The molecule has 1 amide bonds. The largest absolute Gasteiger partial charge is 0.451 e. The number of hydrogen-bond donors (Lipinski definition) is 0. The first-order chi connectivity index (χ1) is 13.2. The number of fused-ring (bicyclic) bond motifs is 1. The van der Waals surface area contributed by atoms with Crippen LogP contribution in [0.25, 0.3) is 0 Å². The van der Waals surface area contributed by atoms with Crippen LogP contribution in [0.2, 0.25) is 0 Å². The number of nitrogens with zero attached hydrogens (tertiary/aromatic N) is 4. The highest BCUT2D eigenvalue weighted by atomic mass is 32.2. The number of alkyl halides is 3. The van der Waals surface area contributed by atoms with Gasteiger partial charge in [-0.15, -0.1) is 0 Å². The normalized spacial score (nSPS) is 23.3. The average molecular weight is 436 g/mol. The highest BCUT2D eigenvalue weighted by molar-refractivity contribution is 7.89. The van der Waals surface area contributed by atoms with Gasteiger partial charge in [-0.2, -0.15) is 17.5 Å². The standard InChI is InChI=1S/C17H23F3N4O4S/c1-10-13(5-21-14(22-10)17(18,19)20)29(26,27)24-8-11-6-23(7-12(11)9-24)15(25)28-16(2,3)4/h5,11-12H,6-9H2,1-4H3/t11-,12-/m1/s1. The summed E-state index contributed by atoms with van der Waals surface area (Å²) >= 11 is 0. The molecule has 162 valence electrons. The summed E-state index contributed by atoms with van der Waals surface area (Å²) in [6.07, 6.45) is -4.47. The van der Waals surface area contributed by atoms with Crippen LogP contribution >= 0.6 is 0 Å². The first-order valence-electron chi connectivity index (χ1n) is 9.07. The van der Waals surface area contributed by atoms with E-state index in [0.29, 0.717) is 19.3 Å². The van der Waals surface area contributed by atoms with Gasteiger partial charge in [0.05, 0.1) is 11.9 Å². The molecule has 12 heteroatoms. The Hall–Kier alpha value is -1.95. The molecule has 29 heavy (non-hydrogen) atoms. The van der Waals surface area contributed by atoms with Gasteiger partial charge in [0.15, 0.2) is 0 Å². The Bertz CT molecular complexity index is 900. The minimum absolute atomic E-state index is 0.0621. The van der Waals surface area contributed by atoms with Crippen LogP contribution in [-0.4, -0.2) is 65.5 Å². The molecule has 3 rings (SSSR count). The van der Waals surface area contributed by atoms with Gasteiger partial charge in [0.25, 0.3) is 0 Å². The van der Waals surface area contributed by atoms with Gasteiger partial charge >= 0.3 is 12.3 Å². The third-order valence-electron chi connectivity index (χ3n) is 4.91. The van der Waals surface area contributed by atoms with Crippen LogP contribution in [0.15, 0.2) is 11.1 Å². The molecule has 8 nitrogen and oxygen atoms in total. The number of rotatable bonds is 2. The van der Waals surface area contributed by atoms with Crippen molar-refractivity contribution in [1.82, 2.24) is 19.2 Å². The minimum atomic E-state index is -4.75. The lowest BCUT2D eigenvalue weighted by atomic mass is 10.0. The van der Waals surface area contributed by atoms with Crippen LogP contribution in [0.4, 0.5) is 18.0 Å². The molecule has 3 heterocycles. The Labute approximate surface area is 167 Å². The molecule has 0 aliphatic carbocycles. The fourth-order valence-electron chi connectivity index (χ4n) is 3.61. The highest BCUT2D eigenvalue weighted by Gasteiger charge is 2.47. The molecule has 2 saturated heterocycles. The number of halogens is 3. The Kier molecular flexibility index (Phi) is 5.31. The quantitative estimate of drug-likeness (QED) is 0.706. The molecule has 0 spiro atoms. The van der Waals surface area contributed by atoms with Gasteiger partial charge in [-0.25, -0.2) is 23.2 Å². The Balaban J connectivity index is 1.71. The SMILES string of the molecule is Cc1nc(C(F)(F)F)ncc1S(=O)(=O)N1C[C@H]2CN(C(=O)OC(C)(C)C)C[C@@H]2C1. The average Bonchev–Trinajstić information content (AvgIpc) is 3.11. The first kappa shape index (κ1) is 21.8. The lowest BCUT2D eigenvalue weighted by Gasteiger charge is -2.26. The number of carbonyl (C=O) groups is 1. The molecule has 2 aliphatic rings. The molecular formula is C17H23F3N4O4S. The number of ether oxygens (including phenoxy) is 1. The second-order valence-corrected chi connectivity index (χ2v) is 10.3. The van der Waals surface area contributed by atoms with Crippen LogP contribution in [0.5, 0.6) is 0 Å². The number of hydrogen-bond acceptors (Lipinski definition) is 6. The first-order valence-corrected chi connectivity index (χ1v) is 10.5. The van der Waals surface area contributed by atoms with E-state index in [1.165, 1.54) is 11.2 Å².